The molecule has 3 aromatic rings. The predicted octanol–water partition coefficient (Wildman–Crippen LogP) is 4.28. The summed E-state index contributed by atoms with van der Waals surface area (Å²) < 4.78 is 19.1. The summed E-state index contributed by atoms with van der Waals surface area (Å²) >= 11 is 0. The van der Waals surface area contributed by atoms with Crippen LogP contribution in [0.1, 0.15) is 16.8 Å². The molecular formula is C20H18FN3O. The van der Waals surface area contributed by atoms with Gasteiger partial charge in [0.15, 0.2) is 0 Å². The van der Waals surface area contributed by atoms with Crippen LogP contribution in [0.4, 0.5) is 10.2 Å². The normalized spacial score (nSPS) is 13.4. The molecule has 25 heavy (non-hydrogen) atoms. The summed E-state index contributed by atoms with van der Waals surface area (Å²) in [6, 6.07) is 12.1. The number of aromatic nitrogens is 2. The first-order chi connectivity index (χ1) is 12.2. The lowest BCUT2D eigenvalue weighted by molar-refractivity contribution is 0.472. The number of hydrogen-bond donors (Lipinski definition) is 0. The lowest BCUT2D eigenvalue weighted by Gasteiger charge is -2.30. The fourth-order valence-electron chi connectivity index (χ4n) is 3.12. The fourth-order valence-corrected chi connectivity index (χ4v) is 3.12. The Bertz CT molecular complexity index is 913. The first-order valence-corrected chi connectivity index (χ1v) is 8.27. The number of halogens is 1. The molecule has 0 saturated heterocycles. The SMILES string of the molecule is Cc1cccnc1N1CCc2ncc(Oc3cccc(F)c3)cc2C1. The second-order valence-electron chi connectivity index (χ2n) is 6.15. The second kappa shape index (κ2) is 6.51. The van der Waals surface area contributed by atoms with Crippen molar-refractivity contribution in [3.05, 3.63) is 77.5 Å². The van der Waals surface area contributed by atoms with Crippen LogP contribution in [0.25, 0.3) is 0 Å². The Hall–Kier alpha value is -2.95. The van der Waals surface area contributed by atoms with E-state index in [0.29, 0.717) is 11.5 Å². The minimum absolute atomic E-state index is 0.319. The standard InChI is InChI=1S/C20H18FN3O/c1-14-4-3-8-22-20(14)24-9-7-19-15(13-24)10-18(12-23-19)25-17-6-2-5-16(21)11-17/h2-6,8,10-12H,7,9,13H2,1H3. The maximum atomic E-state index is 13.3. The van der Waals surface area contributed by atoms with Crippen LogP contribution >= 0.6 is 0 Å². The number of benzene rings is 1. The molecule has 0 spiro atoms. The summed E-state index contributed by atoms with van der Waals surface area (Å²) in [6.07, 6.45) is 4.39. The predicted molar refractivity (Wildman–Crippen MR) is 94.4 cm³/mol. The summed E-state index contributed by atoms with van der Waals surface area (Å²) in [4.78, 5) is 11.3. The highest BCUT2D eigenvalue weighted by Crippen LogP contribution is 2.28. The molecule has 1 aromatic carbocycles. The smallest absolute Gasteiger partial charge is 0.146 e. The van der Waals surface area contributed by atoms with Crippen LogP contribution in [-0.4, -0.2) is 16.5 Å². The van der Waals surface area contributed by atoms with E-state index in [1.807, 2.05) is 18.3 Å². The van der Waals surface area contributed by atoms with Crippen LogP contribution in [0.15, 0.2) is 54.9 Å². The molecule has 4 rings (SSSR count). The Labute approximate surface area is 145 Å². The summed E-state index contributed by atoms with van der Waals surface area (Å²) in [6.45, 7) is 3.70. The van der Waals surface area contributed by atoms with Gasteiger partial charge in [-0.15, -0.1) is 0 Å². The van der Waals surface area contributed by atoms with Crippen molar-refractivity contribution >= 4 is 5.82 Å². The highest BCUT2D eigenvalue weighted by molar-refractivity contribution is 5.49. The van der Waals surface area contributed by atoms with Gasteiger partial charge in [-0.3, -0.25) is 4.98 Å². The van der Waals surface area contributed by atoms with Crippen molar-refractivity contribution in [1.29, 1.82) is 0 Å². The van der Waals surface area contributed by atoms with Crippen LogP contribution in [0, 0.1) is 12.7 Å². The monoisotopic (exact) mass is 335 g/mol. The van der Waals surface area contributed by atoms with Crippen LogP contribution < -0.4 is 9.64 Å². The lowest BCUT2D eigenvalue weighted by atomic mass is 10.0. The van der Waals surface area contributed by atoms with Gasteiger partial charge >= 0.3 is 0 Å². The number of nitrogens with zero attached hydrogens (tertiary/aromatic N) is 3. The Kier molecular flexibility index (Phi) is 4.06. The first-order valence-electron chi connectivity index (χ1n) is 8.27. The van der Waals surface area contributed by atoms with Gasteiger partial charge in [0.25, 0.3) is 0 Å². The molecule has 0 amide bonds. The number of pyridine rings is 2. The fraction of sp³-hybridized carbons (Fsp3) is 0.200. The number of ether oxygens (including phenoxy) is 1. The molecule has 4 nitrogen and oxygen atoms in total. The molecule has 1 aliphatic heterocycles. The molecule has 126 valence electrons. The molecule has 0 aliphatic carbocycles. The van der Waals surface area contributed by atoms with E-state index in [1.54, 1.807) is 18.3 Å². The molecule has 0 saturated carbocycles. The van der Waals surface area contributed by atoms with E-state index >= 15 is 0 Å². The van der Waals surface area contributed by atoms with E-state index in [-0.39, 0.29) is 5.82 Å². The maximum absolute atomic E-state index is 13.3. The zero-order valence-corrected chi connectivity index (χ0v) is 13.9. The Balaban J connectivity index is 1.58. The molecule has 1 aliphatic rings. The molecule has 5 heteroatoms. The van der Waals surface area contributed by atoms with Crippen molar-refractivity contribution in [2.45, 2.75) is 19.9 Å². The molecule has 3 heterocycles. The van der Waals surface area contributed by atoms with Gasteiger partial charge in [0.05, 0.1) is 6.20 Å². The quantitative estimate of drug-likeness (QED) is 0.716. The van der Waals surface area contributed by atoms with Gasteiger partial charge < -0.3 is 9.64 Å². The third kappa shape index (κ3) is 3.31. The van der Waals surface area contributed by atoms with Gasteiger partial charge in [-0.2, -0.15) is 0 Å². The van der Waals surface area contributed by atoms with Crippen LogP contribution in [0.3, 0.4) is 0 Å². The number of rotatable bonds is 3. The average Bonchev–Trinajstić information content (AvgIpc) is 2.61. The number of fused-ring (bicyclic) bond motifs is 1. The highest BCUT2D eigenvalue weighted by Gasteiger charge is 2.20. The Morgan fingerprint density at radius 3 is 2.84 bits per heavy atom. The zero-order valence-electron chi connectivity index (χ0n) is 13.9. The first kappa shape index (κ1) is 15.6. The van der Waals surface area contributed by atoms with Gasteiger partial charge in [0.2, 0.25) is 0 Å². The molecule has 0 radical (unpaired) electrons. The van der Waals surface area contributed by atoms with E-state index in [9.17, 15) is 4.39 Å². The van der Waals surface area contributed by atoms with Gasteiger partial charge in [0.1, 0.15) is 23.1 Å². The van der Waals surface area contributed by atoms with Gasteiger partial charge in [0, 0.05) is 37.5 Å². The van der Waals surface area contributed by atoms with Crippen LogP contribution in [0.5, 0.6) is 11.5 Å². The van der Waals surface area contributed by atoms with Gasteiger partial charge in [-0.05, 0) is 42.3 Å². The molecular weight excluding hydrogens is 317 g/mol. The van der Waals surface area contributed by atoms with E-state index in [1.165, 1.54) is 12.1 Å². The van der Waals surface area contributed by atoms with E-state index < -0.39 is 0 Å². The van der Waals surface area contributed by atoms with E-state index in [4.69, 9.17) is 4.74 Å². The largest absolute Gasteiger partial charge is 0.456 e. The van der Waals surface area contributed by atoms with Crippen LogP contribution in [0.2, 0.25) is 0 Å². The third-order valence-corrected chi connectivity index (χ3v) is 4.33. The van der Waals surface area contributed by atoms with Crippen molar-refractivity contribution < 1.29 is 9.13 Å². The van der Waals surface area contributed by atoms with E-state index in [2.05, 4.69) is 27.9 Å². The lowest BCUT2D eigenvalue weighted by Crippen LogP contribution is -2.32. The molecule has 2 aromatic heterocycles. The third-order valence-electron chi connectivity index (χ3n) is 4.33. The van der Waals surface area contributed by atoms with Gasteiger partial charge in [-0.25, -0.2) is 9.37 Å². The number of hydrogen-bond acceptors (Lipinski definition) is 4. The van der Waals surface area contributed by atoms with Crippen molar-refractivity contribution in [2.75, 3.05) is 11.4 Å². The number of aryl methyl sites for hydroxylation is 1. The Morgan fingerprint density at radius 1 is 1.08 bits per heavy atom. The van der Waals surface area contributed by atoms with Crippen molar-refractivity contribution in [1.82, 2.24) is 9.97 Å². The molecule has 0 N–H and O–H groups in total. The summed E-state index contributed by atoms with van der Waals surface area (Å²) in [5.41, 5.74) is 3.35. The number of anilines is 1. The second-order valence-corrected chi connectivity index (χ2v) is 6.15. The molecule has 0 unspecified atom stereocenters. The molecule has 0 fully saturated rings. The Morgan fingerprint density at radius 2 is 2.00 bits per heavy atom. The van der Waals surface area contributed by atoms with Crippen molar-refractivity contribution in [3.63, 3.8) is 0 Å². The summed E-state index contributed by atoms with van der Waals surface area (Å²) in [5, 5.41) is 0. The maximum Gasteiger partial charge on any atom is 0.146 e. The van der Waals surface area contributed by atoms with E-state index in [0.717, 1.165) is 42.1 Å². The average molecular weight is 335 g/mol. The molecule has 0 bridgehead atoms. The minimum atomic E-state index is -0.319. The van der Waals surface area contributed by atoms with Crippen LogP contribution in [-0.2, 0) is 13.0 Å². The van der Waals surface area contributed by atoms with Crippen molar-refractivity contribution in [2.24, 2.45) is 0 Å². The topological polar surface area (TPSA) is 38.2 Å². The molecule has 0 atom stereocenters. The van der Waals surface area contributed by atoms with Gasteiger partial charge in [-0.1, -0.05) is 12.1 Å². The minimum Gasteiger partial charge on any atom is -0.456 e. The summed E-state index contributed by atoms with van der Waals surface area (Å²) in [7, 11) is 0. The zero-order chi connectivity index (χ0) is 17.2. The highest BCUT2D eigenvalue weighted by atomic mass is 19.1. The summed E-state index contributed by atoms with van der Waals surface area (Å²) in [5.74, 6) is 1.77. The van der Waals surface area contributed by atoms with Crippen molar-refractivity contribution in [3.8, 4) is 11.5 Å².